The molecule has 3 nitrogen and oxygen atoms in total. The van der Waals surface area contributed by atoms with Gasteiger partial charge >= 0.3 is 6.61 Å². The molecule has 1 rings (SSSR count). The van der Waals surface area contributed by atoms with E-state index in [1.165, 1.54) is 18.2 Å². The molecule has 6 heteroatoms. The van der Waals surface area contributed by atoms with E-state index in [9.17, 15) is 13.6 Å². The van der Waals surface area contributed by atoms with Crippen LogP contribution in [0.15, 0.2) is 24.3 Å². The first-order chi connectivity index (χ1) is 7.63. The van der Waals surface area contributed by atoms with Crippen LogP contribution in [0.3, 0.4) is 0 Å². The molecule has 1 N–H and O–H groups in total. The Morgan fingerprint density at radius 3 is 2.75 bits per heavy atom. The number of ether oxygens (including phenoxy) is 1. The predicted molar refractivity (Wildman–Crippen MR) is 57.0 cm³/mol. The fourth-order valence-corrected chi connectivity index (χ4v) is 1.24. The van der Waals surface area contributed by atoms with E-state index < -0.39 is 6.61 Å². The number of halogens is 3. The van der Waals surface area contributed by atoms with Gasteiger partial charge in [-0.2, -0.15) is 8.78 Å². The zero-order chi connectivity index (χ0) is 12.0. The van der Waals surface area contributed by atoms with E-state index in [-0.39, 0.29) is 29.6 Å². The number of benzene rings is 1. The summed E-state index contributed by atoms with van der Waals surface area (Å²) >= 11 is 5.37. The van der Waals surface area contributed by atoms with E-state index in [0.29, 0.717) is 0 Å². The summed E-state index contributed by atoms with van der Waals surface area (Å²) in [6.07, 6.45) is 0.116. The minimum absolute atomic E-state index is 0.0691. The molecule has 0 aromatic heterocycles. The van der Waals surface area contributed by atoms with Crippen LogP contribution >= 0.6 is 11.6 Å². The SMILES string of the molecule is O=C(CCCl)Nc1ccccc1OC(F)F. The number of alkyl halides is 3. The third-order valence-corrected chi connectivity index (χ3v) is 1.89. The van der Waals surface area contributed by atoms with Gasteiger partial charge in [0.25, 0.3) is 0 Å². The molecular formula is C10H10ClF2NO2. The van der Waals surface area contributed by atoms with Gasteiger partial charge in [0.15, 0.2) is 0 Å². The Hall–Kier alpha value is -1.36. The second kappa shape index (κ2) is 6.27. The van der Waals surface area contributed by atoms with E-state index >= 15 is 0 Å². The van der Waals surface area contributed by atoms with E-state index in [1.54, 1.807) is 6.07 Å². The molecular weight excluding hydrogens is 240 g/mol. The summed E-state index contributed by atoms with van der Waals surface area (Å²) in [6.45, 7) is -2.92. The zero-order valence-corrected chi connectivity index (χ0v) is 9.01. The standard InChI is InChI=1S/C10H10ClF2NO2/c11-6-5-9(15)14-7-3-1-2-4-8(7)16-10(12)13/h1-4,10H,5-6H2,(H,14,15). The largest absolute Gasteiger partial charge is 0.433 e. The van der Waals surface area contributed by atoms with Gasteiger partial charge in [0.05, 0.1) is 5.69 Å². The molecule has 0 saturated carbocycles. The molecule has 0 saturated heterocycles. The molecule has 0 unspecified atom stereocenters. The second-order valence-corrected chi connectivity index (χ2v) is 3.24. The topological polar surface area (TPSA) is 38.3 Å². The molecule has 16 heavy (non-hydrogen) atoms. The predicted octanol–water partition coefficient (Wildman–Crippen LogP) is 2.86. The lowest BCUT2D eigenvalue weighted by Crippen LogP contribution is -2.13. The maximum Gasteiger partial charge on any atom is 0.387 e. The summed E-state index contributed by atoms with van der Waals surface area (Å²) in [5.74, 6) is -0.246. The Morgan fingerprint density at radius 2 is 2.12 bits per heavy atom. The van der Waals surface area contributed by atoms with Gasteiger partial charge in [0, 0.05) is 12.3 Å². The molecule has 1 amide bonds. The molecule has 1 aromatic carbocycles. The van der Waals surface area contributed by atoms with Gasteiger partial charge in [-0.25, -0.2) is 0 Å². The van der Waals surface area contributed by atoms with Crippen LogP contribution in [0.5, 0.6) is 5.75 Å². The summed E-state index contributed by atoms with van der Waals surface area (Å²) in [6, 6.07) is 5.97. The van der Waals surface area contributed by atoms with Crippen LogP contribution in [-0.4, -0.2) is 18.4 Å². The maximum absolute atomic E-state index is 12.0. The normalized spacial score (nSPS) is 10.2. The monoisotopic (exact) mass is 249 g/mol. The van der Waals surface area contributed by atoms with Gasteiger partial charge in [0.2, 0.25) is 5.91 Å². The average molecular weight is 250 g/mol. The second-order valence-electron chi connectivity index (χ2n) is 2.86. The fourth-order valence-electron chi connectivity index (χ4n) is 1.07. The summed E-state index contributed by atoms with van der Waals surface area (Å²) in [4.78, 5) is 11.2. The highest BCUT2D eigenvalue weighted by atomic mass is 35.5. The lowest BCUT2D eigenvalue weighted by molar-refractivity contribution is -0.115. The number of amides is 1. The van der Waals surface area contributed by atoms with Crippen LogP contribution in [0, 0.1) is 0 Å². The molecule has 0 aliphatic rings. The van der Waals surface area contributed by atoms with Crippen molar-refractivity contribution < 1.29 is 18.3 Å². The molecule has 0 bridgehead atoms. The lowest BCUT2D eigenvalue weighted by Gasteiger charge is -2.10. The van der Waals surface area contributed by atoms with Crippen molar-refractivity contribution in [2.45, 2.75) is 13.0 Å². The van der Waals surface area contributed by atoms with Gasteiger partial charge < -0.3 is 10.1 Å². The Labute approximate surface area is 96.4 Å². The van der Waals surface area contributed by atoms with Crippen molar-refractivity contribution in [3.05, 3.63) is 24.3 Å². The first-order valence-corrected chi connectivity index (χ1v) is 5.06. The number of rotatable bonds is 5. The van der Waals surface area contributed by atoms with Crippen molar-refractivity contribution in [3.63, 3.8) is 0 Å². The van der Waals surface area contributed by atoms with Gasteiger partial charge in [-0.1, -0.05) is 12.1 Å². The van der Waals surface area contributed by atoms with Gasteiger partial charge in [0.1, 0.15) is 5.75 Å². The van der Waals surface area contributed by atoms with Crippen LogP contribution in [-0.2, 0) is 4.79 Å². The highest BCUT2D eigenvalue weighted by Crippen LogP contribution is 2.25. The number of hydrogen-bond acceptors (Lipinski definition) is 2. The first-order valence-electron chi connectivity index (χ1n) is 4.53. The summed E-state index contributed by atoms with van der Waals surface area (Å²) in [5, 5.41) is 2.44. The minimum atomic E-state index is -2.92. The highest BCUT2D eigenvalue weighted by Gasteiger charge is 2.10. The Kier molecular flexibility index (Phi) is 4.98. The molecule has 88 valence electrons. The molecule has 0 fully saturated rings. The van der Waals surface area contributed by atoms with E-state index in [1.807, 2.05) is 0 Å². The molecule has 0 aliphatic heterocycles. The summed E-state index contributed by atoms with van der Waals surface area (Å²) in [5.41, 5.74) is 0.206. The van der Waals surface area contributed by atoms with Crippen molar-refractivity contribution >= 4 is 23.2 Å². The van der Waals surface area contributed by atoms with Gasteiger partial charge in [-0.3, -0.25) is 4.79 Å². The van der Waals surface area contributed by atoms with Crippen LogP contribution in [0.25, 0.3) is 0 Å². The quantitative estimate of drug-likeness (QED) is 0.815. The first kappa shape index (κ1) is 12.7. The van der Waals surface area contributed by atoms with E-state index in [0.717, 1.165) is 0 Å². The van der Waals surface area contributed by atoms with Crippen molar-refractivity contribution in [1.82, 2.24) is 0 Å². The number of carbonyl (C=O) groups excluding carboxylic acids is 1. The Morgan fingerprint density at radius 1 is 1.44 bits per heavy atom. The van der Waals surface area contributed by atoms with Crippen molar-refractivity contribution in [2.75, 3.05) is 11.2 Å². The molecule has 0 radical (unpaired) electrons. The molecule has 0 heterocycles. The summed E-state index contributed by atoms with van der Waals surface area (Å²) in [7, 11) is 0. The third-order valence-electron chi connectivity index (χ3n) is 1.70. The van der Waals surface area contributed by atoms with Gasteiger partial charge in [-0.15, -0.1) is 11.6 Å². The number of para-hydroxylation sites is 2. The van der Waals surface area contributed by atoms with E-state index in [4.69, 9.17) is 11.6 Å². The number of carbonyl (C=O) groups is 1. The Bertz CT molecular complexity index is 360. The van der Waals surface area contributed by atoms with Crippen molar-refractivity contribution in [3.8, 4) is 5.75 Å². The smallest absolute Gasteiger partial charge is 0.387 e. The minimum Gasteiger partial charge on any atom is -0.433 e. The number of nitrogens with one attached hydrogen (secondary N) is 1. The molecule has 0 aliphatic carbocycles. The van der Waals surface area contributed by atoms with Crippen molar-refractivity contribution in [2.24, 2.45) is 0 Å². The highest BCUT2D eigenvalue weighted by molar-refractivity contribution is 6.19. The van der Waals surface area contributed by atoms with Crippen LogP contribution < -0.4 is 10.1 Å². The fraction of sp³-hybridized carbons (Fsp3) is 0.300. The molecule has 1 aromatic rings. The number of anilines is 1. The van der Waals surface area contributed by atoms with Crippen molar-refractivity contribution in [1.29, 1.82) is 0 Å². The van der Waals surface area contributed by atoms with Gasteiger partial charge in [-0.05, 0) is 12.1 Å². The average Bonchev–Trinajstić information content (AvgIpc) is 2.20. The summed E-state index contributed by atoms with van der Waals surface area (Å²) < 4.78 is 28.3. The maximum atomic E-state index is 12.0. The molecule has 0 spiro atoms. The van der Waals surface area contributed by atoms with Crippen LogP contribution in [0.4, 0.5) is 14.5 Å². The van der Waals surface area contributed by atoms with Crippen LogP contribution in [0.2, 0.25) is 0 Å². The zero-order valence-electron chi connectivity index (χ0n) is 8.25. The third kappa shape index (κ3) is 4.02. The van der Waals surface area contributed by atoms with Crippen LogP contribution in [0.1, 0.15) is 6.42 Å². The lowest BCUT2D eigenvalue weighted by atomic mass is 10.3. The molecule has 0 atom stereocenters. The number of hydrogen-bond donors (Lipinski definition) is 1. The Balaban J connectivity index is 2.74. The van der Waals surface area contributed by atoms with E-state index in [2.05, 4.69) is 10.1 Å².